The van der Waals surface area contributed by atoms with E-state index in [9.17, 15) is 9.59 Å². The molecule has 1 amide bonds. The number of rotatable bonds is 5. The summed E-state index contributed by atoms with van der Waals surface area (Å²) in [6.07, 6.45) is 0. The van der Waals surface area contributed by atoms with E-state index in [0.717, 1.165) is 24.4 Å². The molecule has 1 aliphatic heterocycles. The van der Waals surface area contributed by atoms with Crippen molar-refractivity contribution in [2.24, 2.45) is 0 Å². The predicted molar refractivity (Wildman–Crippen MR) is 113 cm³/mol. The van der Waals surface area contributed by atoms with Crippen LogP contribution in [-0.4, -0.2) is 53.0 Å². The van der Waals surface area contributed by atoms with E-state index in [0.29, 0.717) is 18.0 Å². The number of piperazine rings is 1. The van der Waals surface area contributed by atoms with Crippen LogP contribution in [0, 0.1) is 0 Å². The zero-order valence-electron chi connectivity index (χ0n) is 15.9. The molecule has 0 bridgehead atoms. The van der Waals surface area contributed by atoms with E-state index < -0.39 is 5.97 Å². The van der Waals surface area contributed by atoms with Crippen molar-refractivity contribution in [2.75, 3.05) is 26.2 Å². The Kier molecular flexibility index (Phi) is 5.74. The lowest BCUT2D eigenvalue weighted by Crippen LogP contribution is -2.49. The molecule has 2 heterocycles. The third-order valence-corrected chi connectivity index (χ3v) is 6.29. The average Bonchev–Trinajstić information content (AvgIpc) is 3.26. The monoisotopic (exact) mass is 406 g/mol. The Labute approximate surface area is 173 Å². The standard InChI is InChI=1S/C23H22N2O3S/c26-22(19-11-12-20(29-19)23(27)28)25-15-13-24(14-16-25)21(17-7-3-1-4-8-17)18-9-5-2-6-10-18/h1-12,21H,13-16H2,(H,27,28). The van der Waals surface area contributed by atoms with Crippen LogP contribution in [0.5, 0.6) is 0 Å². The minimum absolute atomic E-state index is 0.0851. The quantitative estimate of drug-likeness (QED) is 0.696. The molecule has 1 N–H and O–H groups in total. The fraction of sp³-hybridized carbons (Fsp3) is 0.217. The fourth-order valence-electron chi connectivity index (χ4n) is 3.79. The Morgan fingerprint density at radius 3 is 1.76 bits per heavy atom. The van der Waals surface area contributed by atoms with Crippen LogP contribution < -0.4 is 0 Å². The van der Waals surface area contributed by atoms with E-state index in [1.165, 1.54) is 17.2 Å². The van der Waals surface area contributed by atoms with Gasteiger partial charge in [0, 0.05) is 26.2 Å². The molecule has 2 aromatic carbocycles. The van der Waals surface area contributed by atoms with Crippen LogP contribution >= 0.6 is 11.3 Å². The first-order chi connectivity index (χ1) is 14.1. The maximum absolute atomic E-state index is 12.8. The molecule has 0 aliphatic carbocycles. The largest absolute Gasteiger partial charge is 0.477 e. The molecule has 6 heteroatoms. The summed E-state index contributed by atoms with van der Waals surface area (Å²) in [4.78, 5) is 28.8. The Hall–Kier alpha value is -2.96. The summed E-state index contributed by atoms with van der Waals surface area (Å²) in [5.41, 5.74) is 2.48. The minimum atomic E-state index is -0.993. The Bertz CT molecular complexity index is 940. The van der Waals surface area contributed by atoms with Crippen molar-refractivity contribution < 1.29 is 14.7 Å². The van der Waals surface area contributed by atoms with Gasteiger partial charge < -0.3 is 10.0 Å². The maximum Gasteiger partial charge on any atom is 0.345 e. The number of aromatic carboxylic acids is 1. The lowest BCUT2D eigenvalue weighted by atomic mass is 9.96. The number of carboxylic acids is 1. The molecule has 0 unspecified atom stereocenters. The van der Waals surface area contributed by atoms with E-state index in [1.54, 1.807) is 6.07 Å². The van der Waals surface area contributed by atoms with Crippen molar-refractivity contribution in [3.63, 3.8) is 0 Å². The third-order valence-electron chi connectivity index (χ3n) is 5.22. The summed E-state index contributed by atoms with van der Waals surface area (Å²) in [6.45, 7) is 2.76. The lowest BCUT2D eigenvalue weighted by Gasteiger charge is -2.39. The number of carbonyl (C=O) groups excluding carboxylic acids is 1. The third kappa shape index (κ3) is 4.23. The molecule has 1 aromatic heterocycles. The molecule has 29 heavy (non-hydrogen) atoms. The summed E-state index contributed by atoms with van der Waals surface area (Å²) in [7, 11) is 0. The highest BCUT2D eigenvalue weighted by atomic mass is 32.1. The Balaban J connectivity index is 1.49. The van der Waals surface area contributed by atoms with Crippen LogP contribution in [0.15, 0.2) is 72.8 Å². The first-order valence-corrected chi connectivity index (χ1v) is 10.4. The summed E-state index contributed by atoms with van der Waals surface area (Å²) < 4.78 is 0. The number of carboxylic acid groups (broad SMARTS) is 1. The highest BCUT2D eigenvalue weighted by molar-refractivity contribution is 7.15. The van der Waals surface area contributed by atoms with Crippen LogP contribution in [0.1, 0.15) is 36.5 Å². The lowest BCUT2D eigenvalue weighted by molar-refractivity contribution is 0.0601. The predicted octanol–water partition coefficient (Wildman–Crippen LogP) is 3.99. The van der Waals surface area contributed by atoms with Crippen molar-refractivity contribution in [3.05, 3.63) is 93.7 Å². The molecule has 148 valence electrons. The van der Waals surface area contributed by atoms with Crippen molar-refractivity contribution in [1.82, 2.24) is 9.80 Å². The van der Waals surface area contributed by atoms with Crippen molar-refractivity contribution >= 4 is 23.2 Å². The second-order valence-corrected chi connectivity index (χ2v) is 8.10. The molecule has 1 aliphatic rings. The molecule has 0 atom stereocenters. The molecule has 0 saturated carbocycles. The summed E-state index contributed by atoms with van der Waals surface area (Å²) >= 11 is 1.04. The van der Waals surface area contributed by atoms with Gasteiger partial charge >= 0.3 is 5.97 Å². The number of hydrogen-bond donors (Lipinski definition) is 1. The average molecular weight is 407 g/mol. The van der Waals surface area contributed by atoms with E-state index in [1.807, 2.05) is 17.0 Å². The molecule has 3 aromatic rings. The van der Waals surface area contributed by atoms with E-state index >= 15 is 0 Å². The highest BCUT2D eigenvalue weighted by Gasteiger charge is 2.29. The minimum Gasteiger partial charge on any atom is -0.477 e. The van der Waals surface area contributed by atoms with E-state index in [2.05, 4.69) is 53.4 Å². The van der Waals surface area contributed by atoms with Gasteiger partial charge in [-0.1, -0.05) is 60.7 Å². The van der Waals surface area contributed by atoms with Crippen molar-refractivity contribution in [3.8, 4) is 0 Å². The number of amides is 1. The van der Waals surface area contributed by atoms with Gasteiger partial charge in [0.05, 0.1) is 10.9 Å². The van der Waals surface area contributed by atoms with Gasteiger partial charge in [-0.25, -0.2) is 4.79 Å². The van der Waals surface area contributed by atoms with Gasteiger partial charge in [0.1, 0.15) is 4.88 Å². The molecule has 0 spiro atoms. The topological polar surface area (TPSA) is 60.9 Å². The van der Waals surface area contributed by atoms with Crippen molar-refractivity contribution in [1.29, 1.82) is 0 Å². The van der Waals surface area contributed by atoms with E-state index in [4.69, 9.17) is 5.11 Å². The van der Waals surface area contributed by atoms with Gasteiger partial charge in [0.15, 0.2) is 0 Å². The van der Waals surface area contributed by atoms with Crippen LogP contribution in [0.4, 0.5) is 0 Å². The maximum atomic E-state index is 12.8. The smallest absolute Gasteiger partial charge is 0.345 e. The van der Waals surface area contributed by atoms with Gasteiger partial charge in [-0.2, -0.15) is 0 Å². The van der Waals surface area contributed by atoms with Gasteiger partial charge in [-0.05, 0) is 23.3 Å². The molecule has 1 saturated heterocycles. The summed E-state index contributed by atoms with van der Waals surface area (Å²) in [6, 6.07) is 24.1. The van der Waals surface area contributed by atoms with Crippen LogP contribution in [-0.2, 0) is 0 Å². The van der Waals surface area contributed by atoms with Crippen molar-refractivity contribution in [2.45, 2.75) is 6.04 Å². The molecule has 0 radical (unpaired) electrons. The zero-order chi connectivity index (χ0) is 20.2. The Morgan fingerprint density at radius 1 is 0.759 bits per heavy atom. The normalized spacial score (nSPS) is 14.9. The number of nitrogens with zero attached hydrogens (tertiary/aromatic N) is 2. The summed E-state index contributed by atoms with van der Waals surface area (Å²) in [5, 5.41) is 9.08. The van der Waals surface area contributed by atoms with Gasteiger partial charge in [-0.15, -0.1) is 11.3 Å². The molecule has 1 fully saturated rings. The van der Waals surface area contributed by atoms with Crippen LogP contribution in [0.2, 0.25) is 0 Å². The Morgan fingerprint density at radius 2 is 1.28 bits per heavy atom. The SMILES string of the molecule is O=C(O)c1ccc(C(=O)N2CCN(C(c3ccccc3)c3ccccc3)CC2)s1. The van der Waals surface area contributed by atoms with Gasteiger partial charge in [0.2, 0.25) is 0 Å². The number of benzene rings is 2. The second kappa shape index (κ2) is 8.59. The molecule has 4 rings (SSSR count). The molecular formula is C23H22N2O3S. The van der Waals surface area contributed by atoms with Crippen LogP contribution in [0.25, 0.3) is 0 Å². The van der Waals surface area contributed by atoms with Gasteiger partial charge in [-0.3, -0.25) is 9.69 Å². The molecule has 5 nitrogen and oxygen atoms in total. The summed E-state index contributed by atoms with van der Waals surface area (Å²) in [5.74, 6) is -1.08. The molecular weight excluding hydrogens is 384 g/mol. The number of carbonyl (C=O) groups is 2. The van der Waals surface area contributed by atoms with E-state index in [-0.39, 0.29) is 16.8 Å². The highest BCUT2D eigenvalue weighted by Crippen LogP contribution is 2.30. The first-order valence-electron chi connectivity index (χ1n) is 9.60. The van der Waals surface area contributed by atoms with Crippen LogP contribution in [0.3, 0.4) is 0 Å². The first kappa shape index (κ1) is 19.4. The second-order valence-electron chi connectivity index (χ2n) is 7.02. The zero-order valence-corrected chi connectivity index (χ0v) is 16.7. The number of hydrogen-bond acceptors (Lipinski definition) is 4. The fourth-order valence-corrected chi connectivity index (χ4v) is 4.60. The van der Waals surface area contributed by atoms with Gasteiger partial charge in [0.25, 0.3) is 5.91 Å². The number of thiophene rings is 1.